The fourth-order valence-electron chi connectivity index (χ4n) is 3.81. The normalized spacial score (nSPS) is 42.0. The van der Waals surface area contributed by atoms with Crippen LogP contribution in [0.1, 0.15) is 53.4 Å². The molecule has 15 heavy (non-hydrogen) atoms. The van der Waals surface area contributed by atoms with Gasteiger partial charge in [0.15, 0.2) is 0 Å². The molecular formula is C14H27N. The summed E-state index contributed by atoms with van der Waals surface area (Å²) in [6, 6.07) is 0.867. The van der Waals surface area contributed by atoms with E-state index in [4.69, 9.17) is 0 Å². The molecule has 0 bridgehead atoms. The van der Waals surface area contributed by atoms with E-state index < -0.39 is 0 Å². The van der Waals surface area contributed by atoms with Crippen LogP contribution in [-0.2, 0) is 0 Å². The highest BCUT2D eigenvalue weighted by molar-refractivity contribution is 4.93. The molecule has 0 radical (unpaired) electrons. The molecule has 1 heteroatoms. The van der Waals surface area contributed by atoms with Crippen LogP contribution >= 0.6 is 0 Å². The molecule has 2 rings (SSSR count). The lowest BCUT2D eigenvalue weighted by Crippen LogP contribution is -2.47. The third kappa shape index (κ3) is 2.38. The quantitative estimate of drug-likeness (QED) is 0.638. The summed E-state index contributed by atoms with van der Waals surface area (Å²) in [5.41, 5.74) is 0.569. The van der Waals surface area contributed by atoms with Crippen LogP contribution in [0, 0.1) is 17.3 Å². The maximum Gasteiger partial charge on any atom is 0.0128 e. The Hall–Kier alpha value is -0.0400. The minimum Gasteiger partial charge on any atom is -0.300 e. The summed E-state index contributed by atoms with van der Waals surface area (Å²) in [6.07, 6.45) is 5.69. The van der Waals surface area contributed by atoms with Gasteiger partial charge in [-0.05, 0) is 56.0 Å². The van der Waals surface area contributed by atoms with Crippen LogP contribution in [0.2, 0.25) is 0 Å². The van der Waals surface area contributed by atoms with E-state index in [-0.39, 0.29) is 0 Å². The second-order valence-electron chi connectivity index (χ2n) is 6.72. The van der Waals surface area contributed by atoms with Gasteiger partial charge in [0.05, 0.1) is 0 Å². The molecule has 2 fully saturated rings. The summed E-state index contributed by atoms with van der Waals surface area (Å²) < 4.78 is 0. The highest BCUT2D eigenvalue weighted by Gasteiger charge is 2.40. The average Bonchev–Trinajstić information content (AvgIpc) is 2.63. The molecule has 0 N–H and O–H groups in total. The summed E-state index contributed by atoms with van der Waals surface area (Å²) >= 11 is 0. The number of likely N-dealkylation sites (tertiary alicyclic amines) is 1. The molecule has 88 valence electrons. The van der Waals surface area contributed by atoms with Crippen molar-refractivity contribution >= 4 is 0 Å². The number of hydrogen-bond donors (Lipinski definition) is 0. The molecule has 1 nitrogen and oxygen atoms in total. The first-order valence-electron chi connectivity index (χ1n) is 6.74. The molecule has 0 spiro atoms. The average molecular weight is 209 g/mol. The van der Waals surface area contributed by atoms with Crippen LogP contribution < -0.4 is 0 Å². The standard InChI is InChI=1S/C14H27N/c1-11-9-14(3,4)10-13(12(11)2)15-7-5-6-8-15/h11-13H,5-10H2,1-4H3. The molecule has 2 aliphatic rings. The van der Waals surface area contributed by atoms with Crippen LogP contribution in [0.25, 0.3) is 0 Å². The topological polar surface area (TPSA) is 3.24 Å². The van der Waals surface area contributed by atoms with E-state index in [0.29, 0.717) is 5.41 Å². The monoisotopic (exact) mass is 209 g/mol. The first-order valence-corrected chi connectivity index (χ1v) is 6.74. The van der Waals surface area contributed by atoms with Crippen molar-refractivity contribution in [2.75, 3.05) is 13.1 Å². The first-order chi connectivity index (χ1) is 6.99. The van der Waals surface area contributed by atoms with E-state index in [9.17, 15) is 0 Å². The van der Waals surface area contributed by atoms with Gasteiger partial charge in [0.1, 0.15) is 0 Å². The van der Waals surface area contributed by atoms with E-state index in [2.05, 4.69) is 32.6 Å². The van der Waals surface area contributed by atoms with Gasteiger partial charge in [-0.15, -0.1) is 0 Å². The maximum atomic E-state index is 2.77. The van der Waals surface area contributed by atoms with Crippen molar-refractivity contribution in [3.05, 3.63) is 0 Å². The van der Waals surface area contributed by atoms with Crippen LogP contribution in [0.3, 0.4) is 0 Å². The zero-order valence-corrected chi connectivity index (χ0v) is 10.9. The van der Waals surface area contributed by atoms with Crippen LogP contribution in [0.15, 0.2) is 0 Å². The second-order valence-corrected chi connectivity index (χ2v) is 6.72. The molecule has 0 amide bonds. The number of hydrogen-bond acceptors (Lipinski definition) is 1. The molecule has 1 heterocycles. The van der Waals surface area contributed by atoms with E-state index in [1.54, 1.807) is 0 Å². The molecule has 1 saturated heterocycles. The number of nitrogens with zero attached hydrogens (tertiary/aromatic N) is 1. The van der Waals surface area contributed by atoms with Gasteiger partial charge in [0, 0.05) is 6.04 Å². The van der Waals surface area contributed by atoms with E-state index >= 15 is 0 Å². The Morgan fingerprint density at radius 1 is 1.00 bits per heavy atom. The lowest BCUT2D eigenvalue weighted by Gasteiger charge is -2.47. The minimum atomic E-state index is 0.569. The van der Waals surface area contributed by atoms with Crippen LogP contribution in [-0.4, -0.2) is 24.0 Å². The third-order valence-corrected chi connectivity index (χ3v) is 4.75. The molecule has 1 saturated carbocycles. The van der Waals surface area contributed by atoms with Crippen molar-refractivity contribution in [1.82, 2.24) is 4.90 Å². The molecule has 0 aromatic carbocycles. The van der Waals surface area contributed by atoms with Crippen molar-refractivity contribution in [1.29, 1.82) is 0 Å². The van der Waals surface area contributed by atoms with Crippen molar-refractivity contribution in [3.8, 4) is 0 Å². The zero-order valence-electron chi connectivity index (χ0n) is 10.9. The van der Waals surface area contributed by atoms with Crippen molar-refractivity contribution in [3.63, 3.8) is 0 Å². The van der Waals surface area contributed by atoms with Gasteiger partial charge in [-0.25, -0.2) is 0 Å². The van der Waals surface area contributed by atoms with Gasteiger partial charge in [-0.2, -0.15) is 0 Å². The molecule has 0 aromatic rings. The predicted octanol–water partition coefficient (Wildman–Crippen LogP) is 3.54. The van der Waals surface area contributed by atoms with E-state index in [1.165, 1.54) is 38.8 Å². The Morgan fingerprint density at radius 2 is 1.60 bits per heavy atom. The highest BCUT2D eigenvalue weighted by atomic mass is 15.2. The first kappa shape index (κ1) is 11.4. The largest absolute Gasteiger partial charge is 0.300 e. The molecular weight excluding hydrogens is 182 g/mol. The molecule has 0 aromatic heterocycles. The lowest BCUT2D eigenvalue weighted by atomic mass is 9.65. The van der Waals surface area contributed by atoms with Gasteiger partial charge in [0.2, 0.25) is 0 Å². The van der Waals surface area contributed by atoms with Crippen LogP contribution in [0.4, 0.5) is 0 Å². The van der Waals surface area contributed by atoms with Crippen LogP contribution in [0.5, 0.6) is 0 Å². The summed E-state index contributed by atoms with van der Waals surface area (Å²) in [5.74, 6) is 1.80. The predicted molar refractivity (Wildman–Crippen MR) is 65.9 cm³/mol. The Labute approximate surface area is 95.2 Å². The molecule has 3 atom stereocenters. The SMILES string of the molecule is CC1CC(C)(C)CC(N2CCCC2)C1C. The van der Waals surface area contributed by atoms with Gasteiger partial charge < -0.3 is 4.90 Å². The molecule has 1 aliphatic carbocycles. The van der Waals surface area contributed by atoms with Crippen molar-refractivity contribution in [2.45, 2.75) is 59.4 Å². The van der Waals surface area contributed by atoms with Gasteiger partial charge in [-0.3, -0.25) is 0 Å². The summed E-state index contributed by atoms with van der Waals surface area (Å²) in [7, 11) is 0. The minimum absolute atomic E-state index is 0.569. The van der Waals surface area contributed by atoms with Gasteiger partial charge >= 0.3 is 0 Å². The van der Waals surface area contributed by atoms with Gasteiger partial charge in [0.25, 0.3) is 0 Å². The Balaban J connectivity index is 2.07. The Kier molecular flexibility index (Phi) is 3.12. The second kappa shape index (κ2) is 4.08. The van der Waals surface area contributed by atoms with E-state index in [1.807, 2.05) is 0 Å². The Morgan fingerprint density at radius 3 is 2.20 bits per heavy atom. The smallest absolute Gasteiger partial charge is 0.0128 e. The summed E-state index contributed by atoms with van der Waals surface area (Å²) in [5, 5.41) is 0. The lowest BCUT2D eigenvalue weighted by molar-refractivity contribution is 0.0329. The van der Waals surface area contributed by atoms with Crippen molar-refractivity contribution < 1.29 is 0 Å². The van der Waals surface area contributed by atoms with Crippen molar-refractivity contribution in [2.24, 2.45) is 17.3 Å². The summed E-state index contributed by atoms with van der Waals surface area (Å²) in [4.78, 5) is 2.77. The fraction of sp³-hybridized carbons (Fsp3) is 1.00. The Bertz CT molecular complexity index is 213. The maximum absolute atomic E-state index is 2.77. The zero-order chi connectivity index (χ0) is 11.1. The van der Waals surface area contributed by atoms with Gasteiger partial charge in [-0.1, -0.05) is 27.7 Å². The summed E-state index contributed by atoms with van der Waals surface area (Å²) in [6.45, 7) is 12.6. The molecule has 1 aliphatic heterocycles. The highest BCUT2D eigenvalue weighted by Crippen LogP contribution is 2.44. The molecule has 3 unspecified atom stereocenters. The third-order valence-electron chi connectivity index (χ3n) is 4.75. The number of rotatable bonds is 1. The fourth-order valence-corrected chi connectivity index (χ4v) is 3.81. The van der Waals surface area contributed by atoms with E-state index in [0.717, 1.165) is 17.9 Å².